The lowest BCUT2D eigenvalue weighted by Gasteiger charge is -2.21. The zero-order valence-electron chi connectivity index (χ0n) is 18.3. The summed E-state index contributed by atoms with van der Waals surface area (Å²) >= 11 is 1.71. The first-order chi connectivity index (χ1) is 15.7. The van der Waals surface area contributed by atoms with Gasteiger partial charge in [-0.1, -0.05) is 18.2 Å². The van der Waals surface area contributed by atoms with Crippen molar-refractivity contribution < 1.29 is 14.3 Å². The number of aromatic nitrogens is 1. The molecule has 1 aromatic carbocycles. The zero-order valence-corrected chi connectivity index (χ0v) is 19.2. The number of fused-ring (bicyclic) bond motifs is 1. The second kappa shape index (κ2) is 10.5. The van der Waals surface area contributed by atoms with Crippen LogP contribution in [0.3, 0.4) is 0 Å². The molecule has 2 aromatic heterocycles. The highest BCUT2D eigenvalue weighted by molar-refractivity contribution is 7.10. The van der Waals surface area contributed by atoms with E-state index in [9.17, 15) is 4.79 Å². The molecule has 0 saturated heterocycles. The van der Waals surface area contributed by atoms with Crippen LogP contribution < -0.4 is 20.1 Å². The number of thiophene rings is 1. The van der Waals surface area contributed by atoms with Crippen molar-refractivity contribution in [3.05, 3.63) is 70.0 Å². The Labute approximate surface area is 192 Å². The second-order valence-electron chi connectivity index (χ2n) is 7.58. The van der Waals surface area contributed by atoms with E-state index in [1.165, 1.54) is 4.88 Å². The minimum absolute atomic E-state index is 0.0209. The van der Waals surface area contributed by atoms with Crippen molar-refractivity contribution in [2.45, 2.75) is 19.1 Å². The van der Waals surface area contributed by atoms with Crippen molar-refractivity contribution in [3.8, 4) is 11.6 Å². The summed E-state index contributed by atoms with van der Waals surface area (Å²) in [6, 6.07) is 13.9. The van der Waals surface area contributed by atoms with Gasteiger partial charge in [-0.25, -0.2) is 4.98 Å². The van der Waals surface area contributed by atoms with Gasteiger partial charge in [-0.15, -0.1) is 11.3 Å². The molecule has 0 spiro atoms. The predicted molar refractivity (Wildman–Crippen MR) is 127 cm³/mol. The minimum Gasteiger partial charge on any atom is -0.485 e. The molecule has 3 heterocycles. The highest BCUT2D eigenvalue weighted by Crippen LogP contribution is 2.29. The topological polar surface area (TPSA) is 75.7 Å². The van der Waals surface area contributed by atoms with E-state index in [1.54, 1.807) is 30.7 Å². The Hall–Kier alpha value is -3.10. The summed E-state index contributed by atoms with van der Waals surface area (Å²) in [5.41, 5.74) is 2.37. The summed E-state index contributed by atoms with van der Waals surface area (Å²) < 4.78 is 11.4. The van der Waals surface area contributed by atoms with Gasteiger partial charge in [0.25, 0.3) is 5.91 Å². The van der Waals surface area contributed by atoms with Crippen LogP contribution in [0.4, 0.5) is 5.69 Å². The van der Waals surface area contributed by atoms with Crippen LogP contribution in [0.5, 0.6) is 11.6 Å². The van der Waals surface area contributed by atoms with Gasteiger partial charge < -0.3 is 25.0 Å². The molecular formula is C24H28N4O3S. The van der Waals surface area contributed by atoms with E-state index in [0.717, 1.165) is 30.0 Å². The molecule has 32 heavy (non-hydrogen) atoms. The highest BCUT2D eigenvalue weighted by atomic mass is 32.1. The Morgan fingerprint density at radius 1 is 1.28 bits per heavy atom. The third-order valence-corrected chi connectivity index (χ3v) is 6.36. The quantitative estimate of drug-likeness (QED) is 0.512. The molecular weight excluding hydrogens is 424 g/mol. The molecule has 8 heteroatoms. The minimum atomic E-state index is -0.0368. The predicted octanol–water partition coefficient (Wildman–Crippen LogP) is 3.95. The Morgan fingerprint density at radius 2 is 2.12 bits per heavy atom. The Kier molecular flexibility index (Phi) is 7.24. The number of hydrogen-bond acceptors (Lipinski definition) is 7. The normalized spacial score (nSPS) is 14.3. The van der Waals surface area contributed by atoms with Crippen molar-refractivity contribution in [3.63, 3.8) is 0 Å². The number of benzene rings is 1. The lowest BCUT2D eigenvalue weighted by molar-refractivity contribution is 0.0755. The molecule has 1 unspecified atom stereocenters. The summed E-state index contributed by atoms with van der Waals surface area (Å²) in [4.78, 5) is 20.3. The number of hydrogen-bond donors (Lipinski definition) is 2. The van der Waals surface area contributed by atoms with E-state index in [2.05, 4.69) is 33.1 Å². The largest absolute Gasteiger partial charge is 0.485 e. The highest BCUT2D eigenvalue weighted by Gasteiger charge is 2.23. The molecule has 1 aliphatic rings. The number of amides is 1. The number of nitrogens with zero attached hydrogens (tertiary/aromatic N) is 2. The maximum atomic E-state index is 13.1. The van der Waals surface area contributed by atoms with Gasteiger partial charge in [-0.2, -0.15) is 0 Å². The molecule has 1 aliphatic heterocycles. The fourth-order valence-corrected chi connectivity index (χ4v) is 4.47. The summed E-state index contributed by atoms with van der Waals surface area (Å²) in [5, 5.41) is 8.57. The van der Waals surface area contributed by atoms with Crippen LogP contribution in [0.2, 0.25) is 0 Å². The van der Waals surface area contributed by atoms with E-state index in [4.69, 9.17) is 9.47 Å². The summed E-state index contributed by atoms with van der Waals surface area (Å²) in [6.45, 7) is 2.69. The lowest BCUT2D eigenvalue weighted by atomic mass is 10.1. The van der Waals surface area contributed by atoms with Crippen LogP contribution in [-0.4, -0.2) is 49.6 Å². The summed E-state index contributed by atoms with van der Waals surface area (Å²) in [7, 11) is 3.52. The van der Waals surface area contributed by atoms with Gasteiger partial charge in [-0.3, -0.25) is 4.79 Å². The number of carbonyl (C=O) groups is 1. The van der Waals surface area contributed by atoms with Gasteiger partial charge in [0.05, 0.1) is 18.4 Å². The average Bonchev–Trinajstić information content (AvgIpc) is 3.31. The Bertz CT molecular complexity index is 1020. The average molecular weight is 453 g/mol. The maximum absolute atomic E-state index is 13.1. The standard InChI is InChI=1S/C24H28N4O3S/c1-25-10-9-21(22-4-3-13-32-22)31-18-7-5-17(6-8-18)16-28-12-11-26-20-14-23(30-2)27-15-19(20)24(28)29/h3-8,13-15,21,25-26H,9-12,16H2,1-2H3. The fourth-order valence-electron chi connectivity index (χ4n) is 3.68. The number of carbonyl (C=O) groups excluding carboxylic acids is 1. The molecule has 4 rings (SSSR count). The van der Waals surface area contributed by atoms with E-state index in [-0.39, 0.29) is 12.0 Å². The SMILES string of the molecule is CNCCC(Oc1ccc(CN2CCNc3cc(OC)ncc3C2=O)cc1)c1cccs1. The van der Waals surface area contributed by atoms with Crippen molar-refractivity contribution in [2.75, 3.05) is 39.1 Å². The fraction of sp³-hybridized carbons (Fsp3) is 0.333. The van der Waals surface area contributed by atoms with Gasteiger partial charge in [-0.05, 0) is 42.7 Å². The number of methoxy groups -OCH3 is 1. The second-order valence-corrected chi connectivity index (χ2v) is 8.56. The lowest BCUT2D eigenvalue weighted by Crippen LogP contribution is -2.32. The third kappa shape index (κ3) is 5.20. The first-order valence-electron chi connectivity index (χ1n) is 10.7. The Balaban J connectivity index is 1.43. The van der Waals surface area contributed by atoms with Gasteiger partial charge in [0.15, 0.2) is 0 Å². The van der Waals surface area contributed by atoms with E-state index >= 15 is 0 Å². The van der Waals surface area contributed by atoms with Crippen molar-refractivity contribution in [2.24, 2.45) is 0 Å². The van der Waals surface area contributed by atoms with Crippen molar-refractivity contribution >= 4 is 22.9 Å². The first kappa shape index (κ1) is 22.1. The van der Waals surface area contributed by atoms with Gasteiger partial charge in [0.2, 0.25) is 5.88 Å². The summed E-state index contributed by atoms with van der Waals surface area (Å²) in [5.74, 6) is 1.28. The van der Waals surface area contributed by atoms with Crippen LogP contribution >= 0.6 is 11.3 Å². The monoisotopic (exact) mass is 452 g/mol. The Morgan fingerprint density at radius 3 is 2.84 bits per heavy atom. The van der Waals surface area contributed by atoms with E-state index < -0.39 is 0 Å². The molecule has 0 aliphatic carbocycles. The summed E-state index contributed by atoms with van der Waals surface area (Å²) in [6.07, 6.45) is 2.49. The van der Waals surface area contributed by atoms with Crippen LogP contribution in [0.25, 0.3) is 0 Å². The van der Waals surface area contributed by atoms with Gasteiger partial charge in [0.1, 0.15) is 11.9 Å². The molecule has 0 fully saturated rings. The number of nitrogens with one attached hydrogen (secondary N) is 2. The van der Waals surface area contributed by atoms with E-state index in [0.29, 0.717) is 31.1 Å². The molecule has 1 atom stereocenters. The molecule has 168 valence electrons. The molecule has 2 N–H and O–H groups in total. The first-order valence-corrected chi connectivity index (χ1v) is 11.6. The molecule has 0 saturated carbocycles. The molecule has 7 nitrogen and oxygen atoms in total. The molecule has 0 radical (unpaired) electrons. The number of pyridine rings is 1. The maximum Gasteiger partial charge on any atom is 0.257 e. The molecule has 0 bridgehead atoms. The van der Waals surface area contributed by atoms with E-state index in [1.807, 2.05) is 36.2 Å². The van der Waals surface area contributed by atoms with Gasteiger partial charge >= 0.3 is 0 Å². The van der Waals surface area contributed by atoms with Crippen molar-refractivity contribution in [1.29, 1.82) is 0 Å². The van der Waals surface area contributed by atoms with Crippen LogP contribution in [0, 0.1) is 0 Å². The number of rotatable bonds is 9. The number of anilines is 1. The molecule has 3 aromatic rings. The van der Waals surface area contributed by atoms with Crippen LogP contribution in [-0.2, 0) is 6.54 Å². The smallest absolute Gasteiger partial charge is 0.257 e. The zero-order chi connectivity index (χ0) is 22.3. The molecule has 1 amide bonds. The number of ether oxygens (including phenoxy) is 2. The van der Waals surface area contributed by atoms with Gasteiger partial charge in [0, 0.05) is 43.2 Å². The third-order valence-electron chi connectivity index (χ3n) is 5.39. The van der Waals surface area contributed by atoms with Crippen LogP contribution in [0.1, 0.15) is 33.3 Å². The van der Waals surface area contributed by atoms with Crippen LogP contribution in [0.15, 0.2) is 54.0 Å². The van der Waals surface area contributed by atoms with Crippen molar-refractivity contribution in [1.82, 2.24) is 15.2 Å².